The molecule has 126 valence electrons. The molecule has 23 heavy (non-hydrogen) atoms. The molecule has 0 saturated heterocycles. The molecular formula is C18H25NO4. The zero-order chi connectivity index (χ0) is 17.1. The Balaban J connectivity index is 2.31. The van der Waals surface area contributed by atoms with Crippen molar-refractivity contribution in [3.05, 3.63) is 35.4 Å². The summed E-state index contributed by atoms with van der Waals surface area (Å²) in [5, 5.41) is 2.82. The van der Waals surface area contributed by atoms with Crippen LogP contribution in [-0.2, 0) is 14.3 Å². The van der Waals surface area contributed by atoms with E-state index in [0.29, 0.717) is 13.0 Å². The summed E-state index contributed by atoms with van der Waals surface area (Å²) in [6, 6.07) is 5.81. The molecule has 0 atom stereocenters. The average Bonchev–Trinajstić information content (AvgIpc) is 2.55. The van der Waals surface area contributed by atoms with Crippen LogP contribution >= 0.6 is 0 Å². The van der Waals surface area contributed by atoms with Crippen LogP contribution in [0.1, 0.15) is 36.8 Å². The van der Waals surface area contributed by atoms with E-state index in [0.717, 1.165) is 36.1 Å². The van der Waals surface area contributed by atoms with E-state index < -0.39 is 0 Å². The van der Waals surface area contributed by atoms with Crippen LogP contribution in [0.2, 0.25) is 0 Å². The van der Waals surface area contributed by atoms with Crippen LogP contribution in [0.4, 0.5) is 0 Å². The number of nitrogens with one attached hydrogen (secondary N) is 1. The van der Waals surface area contributed by atoms with E-state index in [1.165, 1.54) is 13.2 Å². The summed E-state index contributed by atoms with van der Waals surface area (Å²) in [7, 11) is 2.99. The number of ether oxygens (including phenoxy) is 2. The minimum absolute atomic E-state index is 0.137. The number of amides is 1. The molecule has 0 aliphatic carbocycles. The van der Waals surface area contributed by atoms with Gasteiger partial charge in [0.25, 0.3) is 0 Å². The van der Waals surface area contributed by atoms with Crippen molar-refractivity contribution in [1.82, 2.24) is 5.32 Å². The maximum Gasteiger partial charge on any atom is 0.305 e. The first-order chi connectivity index (χ1) is 11.1. The molecule has 0 aromatic heterocycles. The van der Waals surface area contributed by atoms with Crippen molar-refractivity contribution in [3.8, 4) is 5.75 Å². The molecule has 1 aromatic rings. The lowest BCUT2D eigenvalue weighted by Gasteiger charge is -2.06. The Labute approximate surface area is 137 Å². The second-order valence-electron chi connectivity index (χ2n) is 5.26. The first-order valence-corrected chi connectivity index (χ1v) is 7.74. The first-order valence-electron chi connectivity index (χ1n) is 7.74. The van der Waals surface area contributed by atoms with E-state index in [4.69, 9.17) is 4.74 Å². The summed E-state index contributed by atoms with van der Waals surface area (Å²) in [6.07, 6.45) is 6.18. The van der Waals surface area contributed by atoms with Gasteiger partial charge in [0.05, 0.1) is 14.2 Å². The predicted octanol–water partition coefficient (Wildman–Crippen LogP) is 2.87. The number of esters is 1. The summed E-state index contributed by atoms with van der Waals surface area (Å²) in [4.78, 5) is 22.7. The lowest BCUT2D eigenvalue weighted by Crippen LogP contribution is -2.22. The van der Waals surface area contributed by atoms with Crippen LogP contribution in [0.15, 0.2) is 24.3 Å². The number of hydrogen-bond donors (Lipinski definition) is 1. The largest absolute Gasteiger partial charge is 0.496 e. The van der Waals surface area contributed by atoms with Gasteiger partial charge in [-0.05, 0) is 38.0 Å². The van der Waals surface area contributed by atoms with Crippen LogP contribution in [0.3, 0.4) is 0 Å². The monoisotopic (exact) mass is 319 g/mol. The molecule has 0 radical (unpaired) electrons. The summed E-state index contributed by atoms with van der Waals surface area (Å²) >= 11 is 0. The Morgan fingerprint density at radius 2 is 1.96 bits per heavy atom. The number of methoxy groups -OCH3 is 2. The van der Waals surface area contributed by atoms with Gasteiger partial charge in [-0.1, -0.05) is 18.1 Å². The first kappa shape index (κ1) is 18.7. The van der Waals surface area contributed by atoms with Gasteiger partial charge < -0.3 is 14.8 Å². The van der Waals surface area contributed by atoms with Gasteiger partial charge in [0.1, 0.15) is 5.75 Å². The lowest BCUT2D eigenvalue weighted by molar-refractivity contribution is -0.140. The molecule has 0 aliphatic heterocycles. The Morgan fingerprint density at radius 1 is 1.17 bits per heavy atom. The fourth-order valence-electron chi connectivity index (χ4n) is 2.09. The number of unbranched alkanes of at least 4 members (excludes halogenated alkanes) is 2. The standard InChI is InChI=1S/C18H25NO4/c1-14-8-10-16(22-2)15(13-14)9-11-17(20)19-12-6-4-5-7-18(21)23-3/h8-11,13H,4-7,12H2,1-3H3,(H,19,20)/b11-9+. The minimum Gasteiger partial charge on any atom is -0.496 e. The Kier molecular flexibility index (Phi) is 8.50. The number of hydrogen-bond acceptors (Lipinski definition) is 4. The molecule has 0 heterocycles. The highest BCUT2D eigenvalue weighted by atomic mass is 16.5. The minimum atomic E-state index is -0.191. The van der Waals surface area contributed by atoms with Crippen LogP contribution in [0.25, 0.3) is 6.08 Å². The lowest BCUT2D eigenvalue weighted by atomic mass is 10.1. The second kappa shape index (κ2) is 10.4. The van der Waals surface area contributed by atoms with Crippen LogP contribution in [-0.4, -0.2) is 32.6 Å². The summed E-state index contributed by atoms with van der Waals surface area (Å²) in [5.41, 5.74) is 1.98. The van der Waals surface area contributed by atoms with Gasteiger partial charge in [0.2, 0.25) is 5.91 Å². The molecule has 0 aliphatic rings. The molecule has 5 heteroatoms. The summed E-state index contributed by atoms with van der Waals surface area (Å²) < 4.78 is 9.83. The smallest absolute Gasteiger partial charge is 0.305 e. The van der Waals surface area contributed by atoms with Crippen LogP contribution in [0, 0.1) is 6.92 Å². The normalized spacial score (nSPS) is 10.6. The average molecular weight is 319 g/mol. The van der Waals surface area contributed by atoms with Gasteiger partial charge in [0.15, 0.2) is 0 Å². The molecule has 1 rings (SSSR count). The van der Waals surface area contributed by atoms with Crippen molar-refractivity contribution in [2.24, 2.45) is 0 Å². The van der Waals surface area contributed by atoms with Crippen molar-refractivity contribution in [2.45, 2.75) is 32.6 Å². The number of aryl methyl sites for hydroxylation is 1. The van der Waals surface area contributed by atoms with Crippen molar-refractivity contribution in [1.29, 1.82) is 0 Å². The van der Waals surface area contributed by atoms with E-state index in [2.05, 4.69) is 10.1 Å². The van der Waals surface area contributed by atoms with E-state index in [9.17, 15) is 9.59 Å². The van der Waals surface area contributed by atoms with Crippen molar-refractivity contribution >= 4 is 18.0 Å². The highest BCUT2D eigenvalue weighted by Gasteiger charge is 2.02. The van der Waals surface area contributed by atoms with E-state index >= 15 is 0 Å². The molecule has 1 aromatic carbocycles. The molecular weight excluding hydrogens is 294 g/mol. The van der Waals surface area contributed by atoms with Gasteiger partial charge in [-0.3, -0.25) is 9.59 Å². The SMILES string of the molecule is COC(=O)CCCCCNC(=O)/C=C/c1cc(C)ccc1OC. The highest BCUT2D eigenvalue weighted by molar-refractivity contribution is 5.92. The topological polar surface area (TPSA) is 64.6 Å². The highest BCUT2D eigenvalue weighted by Crippen LogP contribution is 2.20. The van der Waals surface area contributed by atoms with Gasteiger partial charge in [-0.15, -0.1) is 0 Å². The van der Waals surface area contributed by atoms with Crippen LogP contribution in [0.5, 0.6) is 5.75 Å². The van der Waals surface area contributed by atoms with Crippen molar-refractivity contribution in [2.75, 3.05) is 20.8 Å². The predicted molar refractivity (Wildman–Crippen MR) is 90.3 cm³/mol. The molecule has 0 bridgehead atoms. The molecule has 0 saturated carbocycles. The van der Waals surface area contributed by atoms with Gasteiger partial charge >= 0.3 is 5.97 Å². The quantitative estimate of drug-likeness (QED) is 0.432. The number of carbonyl (C=O) groups is 2. The third kappa shape index (κ3) is 7.49. The van der Waals surface area contributed by atoms with E-state index in [1.54, 1.807) is 13.2 Å². The molecule has 0 spiro atoms. The number of carbonyl (C=O) groups excluding carboxylic acids is 2. The molecule has 5 nitrogen and oxygen atoms in total. The maximum atomic E-state index is 11.8. The van der Waals surface area contributed by atoms with Crippen LogP contribution < -0.4 is 10.1 Å². The summed E-state index contributed by atoms with van der Waals surface area (Å²) in [6.45, 7) is 2.58. The van der Waals surface area contributed by atoms with Gasteiger partial charge in [0, 0.05) is 24.6 Å². The molecule has 1 N–H and O–H groups in total. The maximum absolute atomic E-state index is 11.8. The van der Waals surface area contributed by atoms with Crippen molar-refractivity contribution < 1.29 is 19.1 Å². The second-order valence-corrected chi connectivity index (χ2v) is 5.26. The zero-order valence-corrected chi connectivity index (χ0v) is 14.1. The number of benzene rings is 1. The van der Waals surface area contributed by atoms with Gasteiger partial charge in [-0.2, -0.15) is 0 Å². The third-order valence-electron chi connectivity index (χ3n) is 3.38. The zero-order valence-electron chi connectivity index (χ0n) is 14.1. The Hall–Kier alpha value is -2.30. The van der Waals surface area contributed by atoms with Gasteiger partial charge in [-0.25, -0.2) is 0 Å². The molecule has 0 unspecified atom stereocenters. The fourth-order valence-corrected chi connectivity index (χ4v) is 2.09. The van der Waals surface area contributed by atoms with E-state index in [1.807, 2.05) is 25.1 Å². The van der Waals surface area contributed by atoms with Crippen molar-refractivity contribution in [3.63, 3.8) is 0 Å². The van der Waals surface area contributed by atoms with E-state index in [-0.39, 0.29) is 11.9 Å². The summed E-state index contributed by atoms with van der Waals surface area (Å²) in [5.74, 6) is 0.410. The molecule has 0 fully saturated rings. The third-order valence-corrected chi connectivity index (χ3v) is 3.38. The molecule has 1 amide bonds. The Morgan fingerprint density at radius 3 is 2.65 bits per heavy atom. The number of rotatable bonds is 9. The Bertz CT molecular complexity index is 552. The fraction of sp³-hybridized carbons (Fsp3) is 0.444.